The number of nitrogens with two attached hydrogens (primary N) is 1. The standard InChI is InChI=1S/C10H8N6O/c11-9(12)7-3-5-1-2-6(17)4-8(5)16-10(7)13-14-15-16/h1-4,17H,(H3,11,12). The molecule has 0 spiro atoms. The minimum atomic E-state index is -0.0974. The van der Waals surface area contributed by atoms with Gasteiger partial charge in [0.25, 0.3) is 0 Å². The number of nitrogens with zero attached hydrogens (tertiary/aromatic N) is 4. The van der Waals surface area contributed by atoms with E-state index in [4.69, 9.17) is 11.1 Å². The number of aromatic nitrogens is 4. The van der Waals surface area contributed by atoms with Gasteiger partial charge in [0.1, 0.15) is 11.6 Å². The first-order chi connectivity index (χ1) is 8.16. The number of hydrogen-bond donors (Lipinski definition) is 3. The number of phenols is 1. The van der Waals surface area contributed by atoms with Gasteiger partial charge in [-0.1, -0.05) is 0 Å². The topological polar surface area (TPSA) is 113 Å². The SMILES string of the molecule is N=C(N)c1cc2ccc(O)cc2n2nnnc12. The van der Waals surface area contributed by atoms with Crippen molar-refractivity contribution >= 4 is 22.4 Å². The van der Waals surface area contributed by atoms with E-state index in [0.29, 0.717) is 16.7 Å². The number of fused-ring (bicyclic) bond motifs is 3. The molecule has 0 aliphatic carbocycles. The number of hydrogen-bond acceptors (Lipinski definition) is 5. The van der Waals surface area contributed by atoms with Crippen molar-refractivity contribution in [3.8, 4) is 5.75 Å². The summed E-state index contributed by atoms with van der Waals surface area (Å²) in [6, 6.07) is 6.56. The monoisotopic (exact) mass is 228 g/mol. The molecule has 84 valence electrons. The molecule has 0 saturated carbocycles. The molecule has 7 heteroatoms. The number of tetrazole rings is 1. The van der Waals surface area contributed by atoms with Crippen LogP contribution in [0, 0.1) is 5.41 Å². The Kier molecular flexibility index (Phi) is 1.76. The Bertz CT molecular complexity index is 747. The Morgan fingerprint density at radius 1 is 1.35 bits per heavy atom. The lowest BCUT2D eigenvalue weighted by Crippen LogP contribution is -2.13. The minimum Gasteiger partial charge on any atom is -0.508 e. The molecule has 0 amide bonds. The maximum atomic E-state index is 9.46. The molecule has 4 N–H and O–H groups in total. The van der Waals surface area contributed by atoms with Gasteiger partial charge in [-0.3, -0.25) is 5.41 Å². The van der Waals surface area contributed by atoms with Gasteiger partial charge in [-0.25, -0.2) is 0 Å². The molecule has 0 unspecified atom stereocenters. The van der Waals surface area contributed by atoms with Gasteiger partial charge in [-0.15, -0.1) is 5.10 Å². The molecule has 0 atom stereocenters. The van der Waals surface area contributed by atoms with Crippen LogP contribution >= 0.6 is 0 Å². The van der Waals surface area contributed by atoms with Crippen molar-refractivity contribution in [1.82, 2.24) is 20.0 Å². The molecule has 2 aromatic heterocycles. The van der Waals surface area contributed by atoms with Crippen molar-refractivity contribution in [1.29, 1.82) is 5.41 Å². The molecule has 0 radical (unpaired) electrons. The highest BCUT2D eigenvalue weighted by molar-refractivity contribution is 6.03. The average Bonchev–Trinajstić information content (AvgIpc) is 2.76. The maximum absolute atomic E-state index is 9.46. The van der Waals surface area contributed by atoms with Crippen LogP contribution in [0.25, 0.3) is 16.6 Å². The van der Waals surface area contributed by atoms with Crippen LogP contribution in [0.2, 0.25) is 0 Å². The Labute approximate surface area is 95.0 Å². The van der Waals surface area contributed by atoms with Crippen LogP contribution in [0.1, 0.15) is 5.56 Å². The molecule has 3 aromatic rings. The number of nitrogens with one attached hydrogen (secondary N) is 1. The molecule has 0 saturated heterocycles. The van der Waals surface area contributed by atoms with Gasteiger partial charge >= 0.3 is 0 Å². The van der Waals surface area contributed by atoms with E-state index < -0.39 is 0 Å². The van der Waals surface area contributed by atoms with E-state index in [2.05, 4.69) is 15.5 Å². The summed E-state index contributed by atoms with van der Waals surface area (Å²) in [5, 5.41) is 28.9. The Hall–Kier alpha value is -2.70. The fourth-order valence-electron chi connectivity index (χ4n) is 1.77. The highest BCUT2D eigenvalue weighted by Crippen LogP contribution is 2.22. The van der Waals surface area contributed by atoms with E-state index in [0.717, 1.165) is 5.39 Å². The molecule has 1 aromatic carbocycles. The van der Waals surface area contributed by atoms with Gasteiger partial charge in [0, 0.05) is 11.5 Å². The van der Waals surface area contributed by atoms with Gasteiger partial charge < -0.3 is 10.8 Å². The van der Waals surface area contributed by atoms with Crippen LogP contribution in [0.5, 0.6) is 5.75 Å². The third kappa shape index (κ3) is 1.29. The molecule has 3 rings (SSSR count). The number of rotatable bonds is 1. The zero-order valence-corrected chi connectivity index (χ0v) is 8.62. The molecule has 7 nitrogen and oxygen atoms in total. The van der Waals surface area contributed by atoms with Crippen LogP contribution in [0.4, 0.5) is 0 Å². The number of pyridine rings is 1. The summed E-state index contributed by atoms with van der Waals surface area (Å²) in [4.78, 5) is 0. The van der Waals surface area contributed by atoms with Crippen molar-refractivity contribution in [3.63, 3.8) is 0 Å². The molecule has 0 aliphatic heterocycles. The zero-order valence-electron chi connectivity index (χ0n) is 8.62. The van der Waals surface area contributed by atoms with Crippen LogP contribution in [0.3, 0.4) is 0 Å². The third-order valence-electron chi connectivity index (χ3n) is 2.54. The van der Waals surface area contributed by atoms with Crippen molar-refractivity contribution < 1.29 is 5.11 Å². The van der Waals surface area contributed by atoms with Crippen molar-refractivity contribution in [3.05, 3.63) is 29.8 Å². The predicted octanol–water partition coefficient (Wildman–Crippen LogP) is 0.267. The molecule has 0 fully saturated rings. The first-order valence-electron chi connectivity index (χ1n) is 4.85. The number of nitrogen functional groups attached to an aromatic ring is 1. The fraction of sp³-hybridized carbons (Fsp3) is 0. The third-order valence-corrected chi connectivity index (χ3v) is 2.54. The van der Waals surface area contributed by atoms with E-state index in [9.17, 15) is 5.11 Å². The summed E-state index contributed by atoms with van der Waals surface area (Å²) in [7, 11) is 0. The van der Waals surface area contributed by atoms with Crippen LogP contribution in [0.15, 0.2) is 24.3 Å². The number of phenolic OH excluding ortho intramolecular Hbond substituents is 1. The molecule has 2 heterocycles. The van der Waals surface area contributed by atoms with E-state index in [1.54, 1.807) is 24.3 Å². The summed E-state index contributed by atoms with van der Waals surface area (Å²) in [6.45, 7) is 0. The number of aromatic hydroxyl groups is 1. The maximum Gasteiger partial charge on any atom is 0.190 e. The number of amidine groups is 1. The number of benzene rings is 1. The fourth-order valence-corrected chi connectivity index (χ4v) is 1.77. The second-order valence-electron chi connectivity index (χ2n) is 3.63. The van der Waals surface area contributed by atoms with E-state index in [1.807, 2.05) is 0 Å². The lowest BCUT2D eigenvalue weighted by atomic mass is 10.1. The van der Waals surface area contributed by atoms with Crippen molar-refractivity contribution in [2.45, 2.75) is 0 Å². The normalized spacial score (nSPS) is 11.1. The summed E-state index contributed by atoms with van der Waals surface area (Å²) in [5.41, 5.74) is 7.01. The van der Waals surface area contributed by atoms with Gasteiger partial charge in [-0.2, -0.15) is 4.52 Å². The molecule has 0 bridgehead atoms. The summed E-state index contributed by atoms with van der Waals surface area (Å²) < 4.78 is 1.45. The Morgan fingerprint density at radius 2 is 2.18 bits per heavy atom. The average molecular weight is 228 g/mol. The largest absolute Gasteiger partial charge is 0.508 e. The minimum absolute atomic E-state index is 0.0974. The first-order valence-corrected chi connectivity index (χ1v) is 4.85. The van der Waals surface area contributed by atoms with E-state index in [1.165, 1.54) is 4.52 Å². The quantitative estimate of drug-likeness (QED) is 0.408. The molecule has 17 heavy (non-hydrogen) atoms. The lowest BCUT2D eigenvalue weighted by molar-refractivity contribution is 0.476. The van der Waals surface area contributed by atoms with Gasteiger partial charge in [0.05, 0.1) is 11.1 Å². The van der Waals surface area contributed by atoms with Gasteiger partial charge in [0.15, 0.2) is 5.65 Å². The van der Waals surface area contributed by atoms with Crippen LogP contribution in [-0.4, -0.2) is 31.0 Å². The Balaban J connectivity index is 2.55. The molecule has 0 aliphatic rings. The highest BCUT2D eigenvalue weighted by Gasteiger charge is 2.11. The zero-order chi connectivity index (χ0) is 12.0. The molecular formula is C10H8N6O. The van der Waals surface area contributed by atoms with Crippen molar-refractivity contribution in [2.75, 3.05) is 0 Å². The Morgan fingerprint density at radius 3 is 2.94 bits per heavy atom. The smallest absolute Gasteiger partial charge is 0.190 e. The van der Waals surface area contributed by atoms with Gasteiger partial charge in [-0.05, 0) is 28.6 Å². The highest BCUT2D eigenvalue weighted by atomic mass is 16.3. The van der Waals surface area contributed by atoms with Crippen LogP contribution < -0.4 is 5.73 Å². The lowest BCUT2D eigenvalue weighted by Gasteiger charge is -2.04. The predicted molar refractivity (Wildman–Crippen MR) is 61.0 cm³/mol. The van der Waals surface area contributed by atoms with Gasteiger partial charge in [0.2, 0.25) is 0 Å². The summed E-state index contributed by atoms with van der Waals surface area (Å²) in [5.74, 6) is 0.0321. The van der Waals surface area contributed by atoms with Crippen molar-refractivity contribution in [2.24, 2.45) is 5.73 Å². The second-order valence-corrected chi connectivity index (χ2v) is 3.63. The second kappa shape index (κ2) is 3.14. The molecular weight excluding hydrogens is 220 g/mol. The summed E-state index contributed by atoms with van der Waals surface area (Å²) in [6.07, 6.45) is 0. The van der Waals surface area contributed by atoms with E-state index in [-0.39, 0.29) is 11.6 Å². The van der Waals surface area contributed by atoms with E-state index >= 15 is 0 Å². The first kappa shape index (κ1) is 9.52. The summed E-state index contributed by atoms with van der Waals surface area (Å²) >= 11 is 0. The van der Waals surface area contributed by atoms with Crippen LogP contribution in [-0.2, 0) is 0 Å².